The molecule has 1 aromatic carbocycles. The highest BCUT2D eigenvalue weighted by atomic mass is 19.1. The third-order valence-electron chi connectivity index (χ3n) is 4.62. The first kappa shape index (κ1) is 19.4. The Bertz CT molecular complexity index is 763. The van der Waals surface area contributed by atoms with Gasteiger partial charge in [0, 0.05) is 12.1 Å². The number of nitriles is 2. The monoisotopic (exact) mass is 352 g/mol. The van der Waals surface area contributed by atoms with Crippen LogP contribution < -0.4 is 4.74 Å². The van der Waals surface area contributed by atoms with Crippen molar-refractivity contribution in [2.75, 3.05) is 0 Å². The maximum atomic E-state index is 13.6. The van der Waals surface area contributed by atoms with Gasteiger partial charge in [-0.05, 0) is 56.6 Å². The molecule has 134 valence electrons. The molecule has 1 fully saturated rings. The van der Waals surface area contributed by atoms with E-state index in [0.29, 0.717) is 5.92 Å². The van der Waals surface area contributed by atoms with Crippen LogP contribution >= 0.6 is 0 Å². The van der Waals surface area contributed by atoms with Crippen LogP contribution in [0.5, 0.6) is 5.75 Å². The van der Waals surface area contributed by atoms with E-state index < -0.39 is 5.82 Å². The van der Waals surface area contributed by atoms with Crippen molar-refractivity contribution in [1.29, 1.82) is 10.5 Å². The molecule has 0 spiro atoms. The fourth-order valence-electron chi connectivity index (χ4n) is 3.14. The smallest absolute Gasteiger partial charge is 0.314 e. The number of esters is 1. The van der Waals surface area contributed by atoms with Crippen LogP contribution in [-0.4, -0.2) is 5.97 Å². The molecule has 26 heavy (non-hydrogen) atoms. The molecule has 0 aliphatic heterocycles. The summed E-state index contributed by atoms with van der Waals surface area (Å²) >= 11 is 0. The highest BCUT2D eigenvalue weighted by molar-refractivity contribution is 5.75. The first-order valence-electron chi connectivity index (χ1n) is 8.76. The van der Waals surface area contributed by atoms with Crippen LogP contribution in [0.3, 0.4) is 0 Å². The van der Waals surface area contributed by atoms with Crippen LogP contribution in [0.2, 0.25) is 0 Å². The van der Waals surface area contributed by atoms with Crippen molar-refractivity contribution in [1.82, 2.24) is 0 Å². The highest BCUT2D eigenvalue weighted by Gasteiger charge is 2.27. The van der Waals surface area contributed by atoms with Crippen molar-refractivity contribution in [3.63, 3.8) is 0 Å². The second-order valence-electron chi connectivity index (χ2n) is 6.39. The SMILES string of the molecule is N#CC=CC=CCC[C@H]1CC[C@H](C(=O)Oc2ccc(C#N)c(F)c2)CC1. The van der Waals surface area contributed by atoms with Gasteiger partial charge in [-0.3, -0.25) is 4.79 Å². The van der Waals surface area contributed by atoms with E-state index in [4.69, 9.17) is 15.3 Å². The molecule has 0 saturated heterocycles. The molecule has 0 radical (unpaired) electrons. The molecule has 0 N–H and O–H groups in total. The fraction of sp³-hybridized carbons (Fsp3) is 0.381. The standard InChI is InChI=1S/C21H21FN2O2/c22-20-14-19(12-11-18(20)15-24)26-21(25)17-9-7-16(8-10-17)6-4-2-1-3-5-13-23/h1-3,5,11-12,14,16-17H,4,6-10H2/t16-,17-. The zero-order chi connectivity index (χ0) is 18.8. The van der Waals surface area contributed by atoms with Gasteiger partial charge < -0.3 is 4.74 Å². The molecule has 2 rings (SSSR count). The van der Waals surface area contributed by atoms with Gasteiger partial charge in [0.1, 0.15) is 17.6 Å². The number of benzene rings is 1. The molecule has 1 aliphatic carbocycles. The molecule has 1 aromatic rings. The summed E-state index contributed by atoms with van der Waals surface area (Å²) in [6.07, 6.45) is 12.6. The van der Waals surface area contributed by atoms with Gasteiger partial charge in [0.05, 0.1) is 17.6 Å². The third-order valence-corrected chi connectivity index (χ3v) is 4.62. The van der Waals surface area contributed by atoms with E-state index in [-0.39, 0.29) is 23.2 Å². The van der Waals surface area contributed by atoms with Crippen LogP contribution in [0.1, 0.15) is 44.1 Å². The topological polar surface area (TPSA) is 73.9 Å². The minimum Gasteiger partial charge on any atom is -0.426 e. The maximum Gasteiger partial charge on any atom is 0.314 e. The lowest BCUT2D eigenvalue weighted by atomic mass is 9.80. The Morgan fingerprint density at radius 3 is 2.65 bits per heavy atom. The van der Waals surface area contributed by atoms with E-state index in [2.05, 4.69) is 0 Å². The van der Waals surface area contributed by atoms with E-state index in [1.807, 2.05) is 18.2 Å². The number of carbonyl (C=O) groups excluding carboxylic acids is 1. The molecule has 0 aromatic heterocycles. The Balaban J connectivity index is 1.75. The molecule has 0 atom stereocenters. The predicted octanol–water partition coefficient (Wildman–Crippen LogP) is 4.83. The number of ether oxygens (including phenoxy) is 1. The van der Waals surface area contributed by atoms with Crippen LogP contribution in [-0.2, 0) is 4.79 Å². The molecule has 1 saturated carbocycles. The molecule has 4 nitrogen and oxygen atoms in total. The summed E-state index contributed by atoms with van der Waals surface area (Å²) in [6, 6.07) is 7.51. The molecule has 0 amide bonds. The summed E-state index contributed by atoms with van der Waals surface area (Å²) in [6.45, 7) is 0. The lowest BCUT2D eigenvalue weighted by molar-refractivity contribution is -0.140. The van der Waals surface area contributed by atoms with Gasteiger partial charge in [0.15, 0.2) is 0 Å². The number of nitrogens with zero attached hydrogens (tertiary/aromatic N) is 2. The lowest BCUT2D eigenvalue weighted by Crippen LogP contribution is -2.25. The van der Waals surface area contributed by atoms with Gasteiger partial charge in [-0.2, -0.15) is 10.5 Å². The number of halogens is 1. The Morgan fingerprint density at radius 1 is 1.23 bits per heavy atom. The summed E-state index contributed by atoms with van der Waals surface area (Å²) in [4.78, 5) is 12.2. The van der Waals surface area contributed by atoms with Crippen LogP contribution in [0.15, 0.2) is 42.5 Å². The Morgan fingerprint density at radius 2 is 2.00 bits per heavy atom. The van der Waals surface area contributed by atoms with E-state index in [9.17, 15) is 9.18 Å². The average Bonchev–Trinajstić information content (AvgIpc) is 2.65. The van der Waals surface area contributed by atoms with Crippen LogP contribution in [0.25, 0.3) is 0 Å². The van der Waals surface area contributed by atoms with Gasteiger partial charge in [0.2, 0.25) is 0 Å². The fourth-order valence-corrected chi connectivity index (χ4v) is 3.14. The number of hydrogen-bond donors (Lipinski definition) is 0. The third kappa shape index (κ3) is 5.86. The van der Waals surface area contributed by atoms with Crippen molar-refractivity contribution >= 4 is 5.97 Å². The Hall–Kier alpha value is -2.92. The molecule has 1 aliphatic rings. The average molecular weight is 352 g/mol. The minimum atomic E-state index is -0.681. The summed E-state index contributed by atoms with van der Waals surface area (Å²) in [5.74, 6) is -0.424. The van der Waals surface area contributed by atoms with E-state index >= 15 is 0 Å². The number of rotatable bonds is 6. The molecular weight excluding hydrogens is 331 g/mol. The summed E-state index contributed by atoms with van der Waals surface area (Å²) in [5, 5.41) is 17.1. The Kier molecular flexibility index (Phi) is 7.58. The van der Waals surface area contributed by atoms with Gasteiger partial charge in [-0.1, -0.05) is 18.2 Å². The van der Waals surface area contributed by atoms with Crippen molar-refractivity contribution < 1.29 is 13.9 Å². The minimum absolute atomic E-state index is 0.0672. The van der Waals surface area contributed by atoms with Crippen molar-refractivity contribution in [2.24, 2.45) is 11.8 Å². The molecular formula is C21H21FN2O2. The number of allylic oxidation sites excluding steroid dienone is 4. The zero-order valence-electron chi connectivity index (χ0n) is 14.5. The first-order valence-corrected chi connectivity index (χ1v) is 8.76. The van der Waals surface area contributed by atoms with E-state index in [1.165, 1.54) is 18.2 Å². The molecule has 0 unspecified atom stereocenters. The van der Waals surface area contributed by atoms with Gasteiger partial charge >= 0.3 is 5.97 Å². The second kappa shape index (κ2) is 10.2. The summed E-state index contributed by atoms with van der Waals surface area (Å²) in [5.41, 5.74) is -0.0672. The van der Waals surface area contributed by atoms with Crippen molar-refractivity contribution in [3.05, 3.63) is 53.9 Å². The molecule has 5 heteroatoms. The molecule has 0 heterocycles. The summed E-state index contributed by atoms with van der Waals surface area (Å²) < 4.78 is 18.8. The van der Waals surface area contributed by atoms with Crippen molar-refractivity contribution in [3.8, 4) is 17.9 Å². The number of carbonyl (C=O) groups is 1. The number of hydrogen-bond acceptors (Lipinski definition) is 4. The first-order chi connectivity index (χ1) is 12.6. The van der Waals surface area contributed by atoms with Crippen molar-refractivity contribution in [2.45, 2.75) is 38.5 Å². The maximum absolute atomic E-state index is 13.6. The van der Waals surface area contributed by atoms with E-state index in [1.54, 1.807) is 12.1 Å². The summed E-state index contributed by atoms with van der Waals surface area (Å²) in [7, 11) is 0. The second-order valence-corrected chi connectivity index (χ2v) is 6.39. The predicted molar refractivity (Wildman–Crippen MR) is 95.3 cm³/mol. The van der Waals surface area contributed by atoms with Gasteiger partial charge in [0.25, 0.3) is 0 Å². The zero-order valence-corrected chi connectivity index (χ0v) is 14.5. The Labute approximate surface area is 153 Å². The van der Waals surface area contributed by atoms with Crippen LogP contribution in [0, 0.1) is 40.3 Å². The normalized spacial score (nSPS) is 20.0. The van der Waals surface area contributed by atoms with Gasteiger partial charge in [-0.25, -0.2) is 4.39 Å². The quantitative estimate of drug-likeness (QED) is 0.318. The molecule has 0 bridgehead atoms. The largest absolute Gasteiger partial charge is 0.426 e. The van der Waals surface area contributed by atoms with E-state index in [0.717, 1.165) is 44.6 Å². The van der Waals surface area contributed by atoms with Gasteiger partial charge in [-0.15, -0.1) is 0 Å². The van der Waals surface area contributed by atoms with Crippen LogP contribution in [0.4, 0.5) is 4.39 Å². The highest BCUT2D eigenvalue weighted by Crippen LogP contribution is 2.32. The lowest BCUT2D eigenvalue weighted by Gasteiger charge is -2.26.